The summed E-state index contributed by atoms with van der Waals surface area (Å²) in [5, 5.41) is 10.6. The molecule has 0 heterocycles. The van der Waals surface area contributed by atoms with E-state index in [1.54, 1.807) is 0 Å². The largest absolute Gasteiger partial charge is 0.545 e. The molecule has 3 fully saturated rings. The molecule has 0 amide bonds. The van der Waals surface area contributed by atoms with Crippen LogP contribution in [0.5, 0.6) is 0 Å². The number of ether oxygens (including phenoxy) is 1. The molecule has 0 unspecified atom stereocenters. The van der Waals surface area contributed by atoms with Crippen LogP contribution in [0.25, 0.3) is 0 Å². The second-order valence-corrected chi connectivity index (χ2v) is 13.9. The molecule has 0 spiro atoms. The van der Waals surface area contributed by atoms with Gasteiger partial charge in [0.25, 0.3) is 0 Å². The molecule has 3 saturated carbocycles. The number of hydrogen-bond donors (Lipinski definition) is 0. The fourth-order valence-electron chi connectivity index (χ4n) is 9.73. The number of aliphatic carboxylic acids is 1. The predicted octanol–water partition coefficient (Wildman–Crippen LogP) is 6.88. The molecule has 0 saturated heterocycles. The summed E-state index contributed by atoms with van der Waals surface area (Å²) in [5.41, 5.74) is 2.18. The van der Waals surface area contributed by atoms with Crippen LogP contribution in [0, 0.1) is 52.3 Å². The third-order valence-electron chi connectivity index (χ3n) is 11.9. The third kappa shape index (κ3) is 5.59. The molecule has 0 N–H and O–H groups in total. The van der Waals surface area contributed by atoms with Gasteiger partial charge in [-0.05, 0) is 110 Å². The number of fused-ring (bicyclic) bond motifs is 5. The molecule has 0 aromatic carbocycles. The molecule has 4 aliphatic rings. The lowest BCUT2D eigenvalue weighted by atomic mass is 9.47. The fraction of sp³-hybridized carbons (Fsp3) is 0.818. The first kappa shape index (κ1) is 28.4. The summed E-state index contributed by atoms with van der Waals surface area (Å²) >= 11 is 0. The zero-order valence-electron chi connectivity index (χ0n) is 24.3. The van der Waals surface area contributed by atoms with Gasteiger partial charge in [0.1, 0.15) is 6.10 Å². The Balaban J connectivity index is 1.42. The maximum Gasteiger partial charge on any atom is 0.331 e. The Bertz CT molecular complexity index is 902. The number of allylic oxidation sites excluding steroid dienone is 1. The zero-order valence-corrected chi connectivity index (χ0v) is 24.3. The van der Waals surface area contributed by atoms with E-state index in [0.717, 1.165) is 72.8 Å². The van der Waals surface area contributed by atoms with Crippen LogP contribution in [0.15, 0.2) is 23.8 Å². The highest BCUT2D eigenvalue weighted by atomic mass is 16.5. The number of carboxylic acids is 1. The minimum Gasteiger partial charge on any atom is -0.545 e. The first-order valence-electron chi connectivity index (χ1n) is 15.3. The summed E-state index contributed by atoms with van der Waals surface area (Å²) in [7, 11) is 0. The number of carbonyl (C=O) groups excluding carboxylic acids is 2. The summed E-state index contributed by atoms with van der Waals surface area (Å²) in [6, 6.07) is 0. The molecule has 0 aromatic heterocycles. The van der Waals surface area contributed by atoms with E-state index in [2.05, 4.69) is 47.6 Å². The average Bonchev–Trinajstić information content (AvgIpc) is 3.20. The maximum absolute atomic E-state index is 12.0. The number of esters is 1. The molecule has 0 aliphatic heterocycles. The van der Waals surface area contributed by atoms with Crippen molar-refractivity contribution in [2.24, 2.45) is 52.3 Å². The number of carboxylic acid groups (broad SMARTS) is 1. The van der Waals surface area contributed by atoms with Crippen molar-refractivity contribution in [3.63, 3.8) is 0 Å². The maximum atomic E-state index is 12.0. The smallest absolute Gasteiger partial charge is 0.331 e. The van der Waals surface area contributed by atoms with Crippen molar-refractivity contribution in [3.8, 4) is 0 Å². The molecule has 4 aliphatic carbocycles. The van der Waals surface area contributed by atoms with Crippen LogP contribution < -0.4 is 5.11 Å². The van der Waals surface area contributed by atoms with Gasteiger partial charge in [0, 0.05) is 12.5 Å². The van der Waals surface area contributed by atoms with Gasteiger partial charge in [-0.2, -0.15) is 0 Å². The molecule has 0 bridgehead atoms. The van der Waals surface area contributed by atoms with Gasteiger partial charge in [0.05, 0.1) is 5.97 Å². The lowest BCUT2D eigenvalue weighted by Gasteiger charge is -2.58. The monoisotopic (exact) mass is 511 g/mol. The summed E-state index contributed by atoms with van der Waals surface area (Å²) in [4.78, 5) is 22.6. The van der Waals surface area contributed by atoms with E-state index in [4.69, 9.17) is 4.74 Å². The molecule has 4 rings (SSSR count). The average molecular weight is 512 g/mol. The topological polar surface area (TPSA) is 66.4 Å². The predicted molar refractivity (Wildman–Crippen MR) is 146 cm³/mol. The fourth-order valence-corrected chi connectivity index (χ4v) is 9.73. The Morgan fingerprint density at radius 3 is 2.49 bits per heavy atom. The number of hydrogen-bond acceptors (Lipinski definition) is 4. The number of rotatable bonds is 9. The van der Waals surface area contributed by atoms with Crippen LogP contribution in [0.3, 0.4) is 0 Å². The van der Waals surface area contributed by atoms with Crippen LogP contribution >= 0.6 is 0 Å². The molecule has 9 atom stereocenters. The number of carbonyl (C=O) groups is 2. The first-order chi connectivity index (χ1) is 17.5. The van der Waals surface area contributed by atoms with Gasteiger partial charge in [0.15, 0.2) is 0 Å². The van der Waals surface area contributed by atoms with E-state index in [1.807, 2.05) is 0 Å². The van der Waals surface area contributed by atoms with Crippen molar-refractivity contribution in [3.05, 3.63) is 23.8 Å². The van der Waals surface area contributed by atoms with Crippen molar-refractivity contribution in [1.29, 1.82) is 0 Å². The van der Waals surface area contributed by atoms with Gasteiger partial charge >= 0.3 is 5.97 Å². The Hall–Kier alpha value is -1.58. The molecule has 4 nitrogen and oxygen atoms in total. The Labute approximate surface area is 225 Å². The van der Waals surface area contributed by atoms with Gasteiger partial charge in [-0.25, -0.2) is 4.79 Å². The summed E-state index contributed by atoms with van der Waals surface area (Å²) in [6.07, 6.45) is 17.5. The highest BCUT2D eigenvalue weighted by molar-refractivity contribution is 5.90. The van der Waals surface area contributed by atoms with Crippen molar-refractivity contribution < 1.29 is 19.4 Å². The molecule has 0 aromatic rings. The SMILES string of the molecule is CC[C@H](CC[C@@H](C)[C@H]1CC[C@H]2[C@@H]3CC=C4C[C@@H](OC(=O)/C=C\C(=O)[O-])CC[C@]4(C)[C@H]3CC[C@]12C)C(C)C. The van der Waals surface area contributed by atoms with Gasteiger partial charge in [-0.3, -0.25) is 0 Å². The molecule has 4 heteroatoms. The van der Waals surface area contributed by atoms with Crippen molar-refractivity contribution in [2.45, 2.75) is 118 Å². The van der Waals surface area contributed by atoms with Crippen LogP contribution in [0.2, 0.25) is 0 Å². The van der Waals surface area contributed by atoms with Gasteiger partial charge in [0.2, 0.25) is 0 Å². The summed E-state index contributed by atoms with van der Waals surface area (Å²) < 4.78 is 5.60. The lowest BCUT2D eigenvalue weighted by Crippen LogP contribution is -2.51. The van der Waals surface area contributed by atoms with Gasteiger partial charge in [-0.15, -0.1) is 0 Å². The highest BCUT2D eigenvalue weighted by Crippen LogP contribution is 2.67. The lowest BCUT2D eigenvalue weighted by molar-refractivity contribution is -0.297. The molecular formula is C33H51O4-. The van der Waals surface area contributed by atoms with Crippen LogP contribution in [0.1, 0.15) is 112 Å². The second kappa shape index (κ2) is 11.3. The van der Waals surface area contributed by atoms with E-state index < -0.39 is 11.9 Å². The molecule has 0 radical (unpaired) electrons. The standard InChI is InChI=1S/C33H52O4/c1-7-23(21(2)3)9-8-22(4)27-12-13-28-26-11-10-24-20-25(37-31(36)15-14-30(34)35)16-18-32(24,5)29(26)17-19-33(27,28)6/h10,14-15,21-23,25-29H,7-9,11-13,16-20H2,1-6H3,(H,34,35)/p-1/b15-14-/t22-,23-,25+,26+,27-,28+,29+,32+,33-/m1/s1. The van der Waals surface area contributed by atoms with E-state index in [1.165, 1.54) is 56.9 Å². The van der Waals surface area contributed by atoms with Crippen LogP contribution in [0.4, 0.5) is 0 Å². The summed E-state index contributed by atoms with van der Waals surface area (Å²) in [6.45, 7) is 14.8. The Kier molecular flexibility index (Phi) is 8.65. The minimum atomic E-state index is -1.37. The van der Waals surface area contributed by atoms with Crippen molar-refractivity contribution >= 4 is 11.9 Å². The Morgan fingerprint density at radius 2 is 1.81 bits per heavy atom. The van der Waals surface area contributed by atoms with E-state index in [9.17, 15) is 14.7 Å². The molecule has 208 valence electrons. The normalized spacial score (nSPS) is 38.9. The van der Waals surface area contributed by atoms with Gasteiger partial charge < -0.3 is 14.6 Å². The van der Waals surface area contributed by atoms with E-state index in [0.29, 0.717) is 5.41 Å². The second-order valence-electron chi connectivity index (χ2n) is 13.9. The minimum absolute atomic E-state index is 0.155. The summed E-state index contributed by atoms with van der Waals surface area (Å²) in [5.74, 6) is 3.75. The zero-order chi connectivity index (χ0) is 27.0. The third-order valence-corrected chi connectivity index (χ3v) is 11.9. The van der Waals surface area contributed by atoms with Crippen molar-refractivity contribution in [1.82, 2.24) is 0 Å². The van der Waals surface area contributed by atoms with E-state index >= 15 is 0 Å². The van der Waals surface area contributed by atoms with E-state index in [-0.39, 0.29) is 11.5 Å². The Morgan fingerprint density at radius 1 is 1.05 bits per heavy atom. The van der Waals surface area contributed by atoms with Gasteiger partial charge in [-0.1, -0.05) is 66.0 Å². The van der Waals surface area contributed by atoms with Crippen molar-refractivity contribution in [2.75, 3.05) is 0 Å². The molecular weight excluding hydrogens is 460 g/mol. The molecule has 37 heavy (non-hydrogen) atoms. The van der Waals surface area contributed by atoms with Crippen LogP contribution in [-0.2, 0) is 14.3 Å². The van der Waals surface area contributed by atoms with Crippen LogP contribution in [-0.4, -0.2) is 18.0 Å². The first-order valence-corrected chi connectivity index (χ1v) is 15.3. The quantitative estimate of drug-likeness (QED) is 0.192. The highest BCUT2D eigenvalue weighted by Gasteiger charge is 2.59.